The molecule has 106 valence electrons. The summed E-state index contributed by atoms with van der Waals surface area (Å²) in [4.78, 5) is 20.9. The molecule has 0 atom stereocenters. The maximum atomic E-state index is 5.50. The molecule has 2 rings (SSSR count). The predicted octanol–water partition coefficient (Wildman–Crippen LogP) is 1.17. The zero-order valence-electron chi connectivity index (χ0n) is 11.8. The molecular formula is C12H16N6O2. The van der Waals surface area contributed by atoms with Crippen molar-refractivity contribution in [2.45, 2.75) is 20.0 Å². The molecule has 0 bridgehead atoms. The van der Waals surface area contributed by atoms with Crippen molar-refractivity contribution in [3.63, 3.8) is 0 Å². The third-order valence-electron chi connectivity index (χ3n) is 2.25. The molecule has 1 N–H and O–H groups in total. The SMILES string of the molecule is CNc1nc(OC(C)C)nc(-c2nccnc2OC)n1. The maximum absolute atomic E-state index is 5.50. The highest BCUT2D eigenvalue weighted by molar-refractivity contribution is 5.57. The molecule has 0 amide bonds. The smallest absolute Gasteiger partial charge is 0.322 e. The van der Waals surface area contributed by atoms with Crippen LogP contribution in [-0.4, -0.2) is 45.2 Å². The number of anilines is 1. The van der Waals surface area contributed by atoms with Gasteiger partial charge in [0.15, 0.2) is 11.5 Å². The Morgan fingerprint density at radius 1 is 1.10 bits per heavy atom. The third-order valence-corrected chi connectivity index (χ3v) is 2.25. The van der Waals surface area contributed by atoms with Gasteiger partial charge in [0.2, 0.25) is 11.8 Å². The first-order valence-electron chi connectivity index (χ1n) is 6.10. The van der Waals surface area contributed by atoms with Crippen molar-refractivity contribution >= 4 is 5.95 Å². The van der Waals surface area contributed by atoms with E-state index in [1.165, 1.54) is 13.3 Å². The molecule has 8 nitrogen and oxygen atoms in total. The normalized spacial score (nSPS) is 10.4. The minimum atomic E-state index is -0.0429. The maximum Gasteiger partial charge on any atom is 0.322 e. The van der Waals surface area contributed by atoms with Gasteiger partial charge in [-0.15, -0.1) is 0 Å². The highest BCUT2D eigenvalue weighted by Gasteiger charge is 2.15. The Bertz CT molecular complexity index is 590. The van der Waals surface area contributed by atoms with E-state index in [9.17, 15) is 0 Å². The molecule has 0 unspecified atom stereocenters. The van der Waals surface area contributed by atoms with Crippen LogP contribution in [0.15, 0.2) is 12.4 Å². The fraction of sp³-hybridized carbons (Fsp3) is 0.417. The van der Waals surface area contributed by atoms with Crippen molar-refractivity contribution in [1.29, 1.82) is 0 Å². The Kier molecular flexibility index (Phi) is 4.24. The fourth-order valence-electron chi connectivity index (χ4n) is 1.47. The van der Waals surface area contributed by atoms with Gasteiger partial charge in [0, 0.05) is 19.4 Å². The van der Waals surface area contributed by atoms with E-state index >= 15 is 0 Å². The standard InChI is InChI=1S/C12H16N6O2/c1-7(2)20-12-17-9(16-11(13-3)18-12)8-10(19-4)15-6-5-14-8/h5-7H,1-4H3,(H,13,16,17,18). The number of nitrogens with zero attached hydrogens (tertiary/aromatic N) is 5. The Balaban J connectivity index is 2.49. The van der Waals surface area contributed by atoms with E-state index < -0.39 is 0 Å². The second-order valence-electron chi connectivity index (χ2n) is 4.10. The van der Waals surface area contributed by atoms with Crippen LogP contribution in [0.25, 0.3) is 11.5 Å². The van der Waals surface area contributed by atoms with Crippen LogP contribution in [0.4, 0.5) is 5.95 Å². The molecule has 0 aliphatic heterocycles. The van der Waals surface area contributed by atoms with Crippen LogP contribution in [0.1, 0.15) is 13.8 Å². The lowest BCUT2D eigenvalue weighted by molar-refractivity contribution is 0.222. The molecule has 0 saturated heterocycles. The number of ether oxygens (including phenoxy) is 2. The van der Waals surface area contributed by atoms with Crippen molar-refractivity contribution in [3.8, 4) is 23.4 Å². The molecule has 8 heteroatoms. The molecular weight excluding hydrogens is 260 g/mol. The zero-order valence-corrected chi connectivity index (χ0v) is 11.8. The van der Waals surface area contributed by atoms with Gasteiger partial charge in [-0.1, -0.05) is 0 Å². The minimum Gasteiger partial charge on any atom is -0.479 e. The molecule has 0 aliphatic carbocycles. The monoisotopic (exact) mass is 276 g/mol. The van der Waals surface area contributed by atoms with Gasteiger partial charge in [0.1, 0.15) is 0 Å². The number of methoxy groups -OCH3 is 1. The molecule has 20 heavy (non-hydrogen) atoms. The predicted molar refractivity (Wildman–Crippen MR) is 72.7 cm³/mol. The van der Waals surface area contributed by atoms with Gasteiger partial charge in [-0.05, 0) is 13.8 Å². The van der Waals surface area contributed by atoms with Crippen molar-refractivity contribution in [3.05, 3.63) is 12.4 Å². The molecule has 2 aromatic rings. The number of nitrogens with one attached hydrogen (secondary N) is 1. The molecule has 2 heterocycles. The summed E-state index contributed by atoms with van der Waals surface area (Å²) in [6.45, 7) is 3.79. The molecule has 0 radical (unpaired) electrons. The third kappa shape index (κ3) is 3.08. The summed E-state index contributed by atoms with van der Waals surface area (Å²) in [6, 6.07) is 0.224. The number of hydrogen-bond acceptors (Lipinski definition) is 8. The van der Waals surface area contributed by atoms with E-state index in [-0.39, 0.29) is 12.1 Å². The minimum absolute atomic E-state index is 0.0429. The van der Waals surface area contributed by atoms with Gasteiger partial charge in [-0.3, -0.25) is 0 Å². The Morgan fingerprint density at radius 2 is 1.85 bits per heavy atom. The van der Waals surface area contributed by atoms with Crippen molar-refractivity contribution in [2.24, 2.45) is 0 Å². The molecule has 2 aromatic heterocycles. The lowest BCUT2D eigenvalue weighted by Crippen LogP contribution is -2.11. The first-order valence-corrected chi connectivity index (χ1v) is 6.10. The van der Waals surface area contributed by atoms with E-state index in [1.807, 2.05) is 13.8 Å². The van der Waals surface area contributed by atoms with Crippen molar-refractivity contribution in [1.82, 2.24) is 24.9 Å². The van der Waals surface area contributed by atoms with Crippen molar-refractivity contribution < 1.29 is 9.47 Å². The zero-order chi connectivity index (χ0) is 14.5. The van der Waals surface area contributed by atoms with Crippen LogP contribution in [0.5, 0.6) is 11.9 Å². The Morgan fingerprint density at radius 3 is 2.50 bits per heavy atom. The Labute approximate surface area is 116 Å². The largest absolute Gasteiger partial charge is 0.479 e. The first kappa shape index (κ1) is 13.9. The summed E-state index contributed by atoms with van der Waals surface area (Å²) in [6.07, 6.45) is 3.04. The van der Waals surface area contributed by atoms with E-state index in [1.54, 1.807) is 13.2 Å². The average molecular weight is 276 g/mol. The first-order chi connectivity index (χ1) is 9.63. The van der Waals surface area contributed by atoms with Crippen LogP contribution in [0.2, 0.25) is 0 Å². The van der Waals surface area contributed by atoms with Crippen LogP contribution in [-0.2, 0) is 0 Å². The topological polar surface area (TPSA) is 94.9 Å². The summed E-state index contributed by atoms with van der Waals surface area (Å²) in [5.41, 5.74) is 0.433. The second-order valence-corrected chi connectivity index (χ2v) is 4.10. The van der Waals surface area contributed by atoms with Gasteiger partial charge >= 0.3 is 6.01 Å². The van der Waals surface area contributed by atoms with Gasteiger partial charge in [-0.25, -0.2) is 9.97 Å². The quantitative estimate of drug-likeness (QED) is 0.869. The lowest BCUT2D eigenvalue weighted by Gasteiger charge is -2.10. The van der Waals surface area contributed by atoms with E-state index in [2.05, 4.69) is 30.2 Å². The van der Waals surface area contributed by atoms with Crippen LogP contribution in [0, 0.1) is 0 Å². The van der Waals surface area contributed by atoms with Gasteiger partial charge in [0.05, 0.1) is 13.2 Å². The van der Waals surface area contributed by atoms with Gasteiger partial charge in [-0.2, -0.15) is 15.0 Å². The highest BCUT2D eigenvalue weighted by atomic mass is 16.5. The van der Waals surface area contributed by atoms with Crippen LogP contribution >= 0.6 is 0 Å². The number of aromatic nitrogens is 5. The molecule has 0 aromatic carbocycles. The highest BCUT2D eigenvalue weighted by Crippen LogP contribution is 2.23. The molecule has 0 aliphatic rings. The number of rotatable bonds is 5. The fourth-order valence-corrected chi connectivity index (χ4v) is 1.47. The summed E-state index contributed by atoms with van der Waals surface area (Å²) >= 11 is 0. The number of hydrogen-bond donors (Lipinski definition) is 1. The van der Waals surface area contributed by atoms with E-state index in [0.717, 1.165) is 0 Å². The molecule has 0 fully saturated rings. The van der Waals surface area contributed by atoms with Crippen molar-refractivity contribution in [2.75, 3.05) is 19.5 Å². The summed E-state index contributed by atoms with van der Waals surface area (Å²) in [5.74, 6) is 1.07. The lowest BCUT2D eigenvalue weighted by atomic mass is 10.4. The summed E-state index contributed by atoms with van der Waals surface area (Å²) in [5, 5.41) is 2.86. The molecule has 0 spiro atoms. The van der Waals surface area contributed by atoms with Gasteiger partial charge < -0.3 is 14.8 Å². The second kappa shape index (κ2) is 6.09. The summed E-state index contributed by atoms with van der Waals surface area (Å²) in [7, 11) is 3.23. The summed E-state index contributed by atoms with van der Waals surface area (Å²) < 4.78 is 10.7. The van der Waals surface area contributed by atoms with Crippen LogP contribution < -0.4 is 14.8 Å². The average Bonchev–Trinajstić information content (AvgIpc) is 2.46. The van der Waals surface area contributed by atoms with Crippen LogP contribution in [0.3, 0.4) is 0 Å². The van der Waals surface area contributed by atoms with Gasteiger partial charge in [0.25, 0.3) is 0 Å². The van der Waals surface area contributed by atoms with E-state index in [0.29, 0.717) is 23.3 Å². The Hall–Kier alpha value is -2.51. The van der Waals surface area contributed by atoms with E-state index in [4.69, 9.17) is 9.47 Å². The molecule has 0 saturated carbocycles.